The van der Waals surface area contributed by atoms with Crippen LogP contribution in [-0.4, -0.2) is 44.2 Å². The van der Waals surface area contributed by atoms with Gasteiger partial charge in [0.05, 0.1) is 5.01 Å². The second-order valence-electron chi connectivity index (χ2n) is 4.11. The minimum atomic E-state index is -4.10. The SMILES string of the molecule is O=C(O)CNC(=O)C(N(c1ccccc1)[N+](=O)[O-])([N+](=O)[O-])[N+](=O)[O-]. The molecule has 0 heterocycles. The highest BCUT2D eigenvalue weighted by atomic mass is 16.7. The van der Waals surface area contributed by atoms with Gasteiger partial charge in [-0.05, 0) is 12.1 Å². The zero-order chi connectivity index (χ0) is 18.5. The molecular weight excluding hydrogens is 334 g/mol. The molecule has 0 bridgehead atoms. The van der Waals surface area contributed by atoms with Crippen molar-refractivity contribution >= 4 is 17.6 Å². The summed E-state index contributed by atoms with van der Waals surface area (Å²) in [5.74, 6) is -7.84. The van der Waals surface area contributed by atoms with E-state index in [1.807, 2.05) is 0 Å². The molecule has 0 aliphatic carbocycles. The van der Waals surface area contributed by atoms with Crippen molar-refractivity contribution in [2.24, 2.45) is 0 Å². The Bertz CT molecular complexity index is 677. The van der Waals surface area contributed by atoms with Gasteiger partial charge in [0.1, 0.15) is 22.1 Å². The zero-order valence-corrected chi connectivity index (χ0v) is 11.6. The first-order valence-electron chi connectivity index (χ1n) is 5.94. The number of para-hydroxylation sites is 1. The number of nitrogens with one attached hydrogen (secondary N) is 1. The van der Waals surface area contributed by atoms with E-state index in [2.05, 4.69) is 0 Å². The largest absolute Gasteiger partial charge is 0.676 e. The van der Waals surface area contributed by atoms with E-state index < -0.39 is 49.8 Å². The van der Waals surface area contributed by atoms with Gasteiger partial charge in [0, 0.05) is 0 Å². The topological polar surface area (TPSA) is 199 Å². The second-order valence-corrected chi connectivity index (χ2v) is 4.11. The van der Waals surface area contributed by atoms with Gasteiger partial charge in [0.2, 0.25) is 0 Å². The summed E-state index contributed by atoms with van der Waals surface area (Å²) in [5.41, 5.74) is -0.624. The molecule has 0 spiro atoms. The van der Waals surface area contributed by atoms with Crippen LogP contribution in [0.1, 0.15) is 0 Å². The van der Waals surface area contributed by atoms with Gasteiger partial charge in [0.15, 0.2) is 5.03 Å². The number of aliphatic carboxylic acids is 1. The summed E-state index contributed by atoms with van der Waals surface area (Å²) in [6, 6.07) is 5.66. The van der Waals surface area contributed by atoms with Crippen LogP contribution in [0, 0.1) is 30.3 Å². The Morgan fingerprint density at radius 1 is 1.08 bits per heavy atom. The number of carbonyl (C=O) groups is 2. The second kappa shape index (κ2) is 6.95. The molecule has 1 rings (SSSR count). The van der Waals surface area contributed by atoms with E-state index in [-0.39, 0.29) is 0 Å². The van der Waals surface area contributed by atoms with Gasteiger partial charge in [-0.25, -0.2) is 10.1 Å². The molecule has 14 heteroatoms. The van der Waals surface area contributed by atoms with Gasteiger partial charge in [-0.15, -0.1) is 0 Å². The van der Waals surface area contributed by atoms with Crippen molar-refractivity contribution < 1.29 is 29.6 Å². The van der Waals surface area contributed by atoms with Crippen molar-refractivity contribution in [3.8, 4) is 0 Å². The van der Waals surface area contributed by atoms with E-state index in [4.69, 9.17) is 5.11 Å². The fourth-order valence-corrected chi connectivity index (χ4v) is 1.72. The standard InChI is InChI=1S/C10H9N5O9/c16-8(17)6-11-9(18)10(13(19)20,14(21)22)12(15(23)24)7-4-2-1-3-5-7/h1-5H,6H2,(H,11,18)(H,16,17). The Kier molecular flexibility index (Phi) is 5.27. The summed E-state index contributed by atoms with van der Waals surface area (Å²) in [6.07, 6.45) is 0. The number of nitro groups is 3. The van der Waals surface area contributed by atoms with E-state index in [0.717, 1.165) is 12.1 Å². The molecule has 128 valence electrons. The number of amides is 1. The smallest absolute Gasteiger partial charge is 0.480 e. The predicted octanol–water partition coefficient (Wildman–Crippen LogP) is -0.907. The van der Waals surface area contributed by atoms with Crippen molar-refractivity contribution in [3.63, 3.8) is 0 Å². The summed E-state index contributed by atoms with van der Waals surface area (Å²) in [7, 11) is 0. The number of hydrogen-bond acceptors (Lipinski definition) is 8. The normalized spacial score (nSPS) is 10.5. The number of hydrogen-bond donors (Lipinski definition) is 2. The molecule has 0 saturated carbocycles. The zero-order valence-electron chi connectivity index (χ0n) is 11.6. The predicted molar refractivity (Wildman–Crippen MR) is 73.3 cm³/mol. The number of carboxylic acids is 1. The molecule has 0 fully saturated rings. The van der Waals surface area contributed by atoms with Crippen molar-refractivity contribution in [2.45, 2.75) is 5.79 Å². The molecule has 0 unspecified atom stereocenters. The molecule has 1 aromatic carbocycles. The third-order valence-corrected chi connectivity index (χ3v) is 2.67. The lowest BCUT2D eigenvalue weighted by molar-refractivity contribution is -0.805. The number of carboxylic acid groups (broad SMARTS) is 1. The van der Waals surface area contributed by atoms with Crippen LogP contribution < -0.4 is 10.3 Å². The first-order valence-corrected chi connectivity index (χ1v) is 5.94. The highest BCUT2D eigenvalue weighted by Gasteiger charge is 2.76. The molecule has 0 radical (unpaired) electrons. The lowest BCUT2D eigenvalue weighted by Gasteiger charge is -2.21. The van der Waals surface area contributed by atoms with Crippen LogP contribution in [0.5, 0.6) is 0 Å². The third kappa shape index (κ3) is 3.16. The van der Waals surface area contributed by atoms with Gasteiger partial charge >= 0.3 is 17.7 Å². The average molecular weight is 343 g/mol. The maximum absolute atomic E-state index is 12.0. The van der Waals surface area contributed by atoms with E-state index >= 15 is 0 Å². The van der Waals surface area contributed by atoms with Crippen LogP contribution in [0.4, 0.5) is 5.69 Å². The van der Waals surface area contributed by atoms with Crippen LogP contribution in [0.15, 0.2) is 30.3 Å². The van der Waals surface area contributed by atoms with Crippen LogP contribution in [-0.2, 0) is 9.59 Å². The number of rotatable bonds is 8. The molecule has 2 N–H and O–H groups in total. The van der Waals surface area contributed by atoms with Crippen molar-refractivity contribution in [3.05, 3.63) is 60.7 Å². The van der Waals surface area contributed by atoms with Gasteiger partial charge in [0.25, 0.3) is 0 Å². The fraction of sp³-hybridized carbons (Fsp3) is 0.200. The molecule has 0 aliphatic heterocycles. The average Bonchev–Trinajstić information content (AvgIpc) is 2.49. The van der Waals surface area contributed by atoms with Gasteiger partial charge in [-0.3, -0.25) is 29.8 Å². The Balaban J connectivity index is 3.57. The van der Waals surface area contributed by atoms with Gasteiger partial charge in [-0.1, -0.05) is 18.2 Å². The Morgan fingerprint density at radius 3 is 1.96 bits per heavy atom. The highest BCUT2D eigenvalue weighted by molar-refractivity contribution is 5.88. The molecule has 1 amide bonds. The molecule has 1 aromatic rings. The Hall–Kier alpha value is -3.84. The molecular formula is C10H9N5O9. The Labute approximate surface area is 131 Å². The number of anilines is 1. The van der Waals surface area contributed by atoms with E-state index in [9.17, 15) is 39.9 Å². The Morgan fingerprint density at radius 2 is 1.58 bits per heavy atom. The molecule has 0 atom stereocenters. The van der Waals surface area contributed by atoms with E-state index in [0.29, 0.717) is 0 Å². The van der Waals surface area contributed by atoms with Crippen molar-refractivity contribution in [2.75, 3.05) is 11.6 Å². The quantitative estimate of drug-likeness (QED) is 0.338. The minimum Gasteiger partial charge on any atom is -0.480 e. The van der Waals surface area contributed by atoms with Crippen molar-refractivity contribution in [1.29, 1.82) is 0 Å². The third-order valence-electron chi connectivity index (χ3n) is 2.67. The fourth-order valence-electron chi connectivity index (χ4n) is 1.72. The van der Waals surface area contributed by atoms with Gasteiger partial charge in [-0.2, -0.15) is 0 Å². The summed E-state index contributed by atoms with van der Waals surface area (Å²) < 4.78 is 0. The van der Waals surface area contributed by atoms with Crippen LogP contribution in [0.2, 0.25) is 0 Å². The molecule has 0 aromatic heterocycles. The van der Waals surface area contributed by atoms with Gasteiger partial charge < -0.3 is 10.4 Å². The molecule has 0 aliphatic rings. The van der Waals surface area contributed by atoms with Crippen molar-refractivity contribution in [1.82, 2.24) is 5.32 Å². The van der Waals surface area contributed by atoms with Crippen LogP contribution >= 0.6 is 0 Å². The number of carbonyl (C=O) groups excluding carboxylic acids is 1. The maximum Gasteiger partial charge on any atom is 0.676 e. The lowest BCUT2D eigenvalue weighted by Crippen LogP contribution is -2.70. The van der Waals surface area contributed by atoms with E-state index in [1.165, 1.54) is 23.5 Å². The van der Waals surface area contributed by atoms with Crippen LogP contribution in [0.3, 0.4) is 0 Å². The number of hydrazine groups is 1. The minimum absolute atomic E-state index is 0.551. The molecule has 24 heavy (non-hydrogen) atoms. The molecule has 14 nitrogen and oxygen atoms in total. The first kappa shape index (κ1) is 18.2. The van der Waals surface area contributed by atoms with Crippen LogP contribution in [0.25, 0.3) is 0 Å². The molecule has 0 saturated heterocycles. The summed E-state index contributed by atoms with van der Waals surface area (Å²) >= 11 is 0. The summed E-state index contributed by atoms with van der Waals surface area (Å²) in [6.45, 7) is -1.21. The van der Waals surface area contributed by atoms with E-state index in [1.54, 1.807) is 0 Å². The maximum atomic E-state index is 12.0. The summed E-state index contributed by atoms with van der Waals surface area (Å²) in [5, 5.41) is 41.6. The highest BCUT2D eigenvalue weighted by Crippen LogP contribution is 2.26. The summed E-state index contributed by atoms with van der Waals surface area (Å²) in [4.78, 5) is 52.6. The monoisotopic (exact) mass is 343 g/mol. The number of nitrogens with zero attached hydrogens (tertiary/aromatic N) is 4. The number of benzene rings is 1. The lowest BCUT2D eigenvalue weighted by atomic mass is 10.2. The first-order chi connectivity index (χ1) is 11.2.